The number of carbonyl (C=O) groups excluding carboxylic acids is 2. The molecule has 0 saturated carbocycles. The smallest absolute Gasteiger partial charge is 0.272 e. The molecule has 1 aliphatic rings. The maximum atomic E-state index is 12.2. The molecule has 1 aliphatic heterocycles. The van der Waals surface area contributed by atoms with Crippen LogP contribution in [0.15, 0.2) is 22.6 Å². The Morgan fingerprint density at radius 3 is 3.05 bits per heavy atom. The molecule has 7 nitrogen and oxygen atoms in total. The van der Waals surface area contributed by atoms with Crippen LogP contribution in [0.4, 0.5) is 0 Å². The van der Waals surface area contributed by atoms with Gasteiger partial charge in [-0.3, -0.25) is 14.7 Å². The van der Waals surface area contributed by atoms with E-state index in [2.05, 4.69) is 20.8 Å². The van der Waals surface area contributed by atoms with Crippen molar-refractivity contribution in [2.45, 2.75) is 32.2 Å². The third-order valence-corrected chi connectivity index (χ3v) is 3.66. The van der Waals surface area contributed by atoms with Crippen molar-refractivity contribution >= 4 is 11.8 Å². The summed E-state index contributed by atoms with van der Waals surface area (Å²) in [7, 11) is 0. The van der Waals surface area contributed by atoms with Gasteiger partial charge in [0.15, 0.2) is 11.5 Å². The lowest BCUT2D eigenvalue weighted by atomic mass is 10.1. The first-order valence-corrected chi connectivity index (χ1v) is 7.34. The lowest BCUT2D eigenvalue weighted by Gasteiger charge is -2.13. The predicted octanol–water partition coefficient (Wildman–Crippen LogP) is 1.38. The molecule has 2 amide bonds. The molecule has 3 rings (SSSR count). The van der Waals surface area contributed by atoms with Gasteiger partial charge in [-0.05, 0) is 38.3 Å². The number of nitrogens with zero attached hydrogens (tertiary/aromatic N) is 1. The molecule has 1 atom stereocenters. The van der Waals surface area contributed by atoms with Gasteiger partial charge in [-0.25, -0.2) is 0 Å². The summed E-state index contributed by atoms with van der Waals surface area (Å²) in [5.41, 5.74) is 0.865. The van der Waals surface area contributed by atoms with Crippen molar-refractivity contribution in [2.24, 2.45) is 0 Å². The van der Waals surface area contributed by atoms with Crippen LogP contribution in [0, 0.1) is 6.92 Å². The van der Waals surface area contributed by atoms with Gasteiger partial charge in [-0.1, -0.05) is 0 Å². The monoisotopic (exact) mass is 302 g/mol. The average molecular weight is 302 g/mol. The minimum absolute atomic E-state index is 0.136. The number of aryl methyl sites for hydroxylation is 1. The SMILES string of the molecule is Cc1ccc(-c2cc(C(=O)NC3CCCCNC3=O)n[nH]2)o1. The van der Waals surface area contributed by atoms with Gasteiger partial charge in [0.25, 0.3) is 5.91 Å². The molecule has 116 valence electrons. The Morgan fingerprint density at radius 2 is 2.27 bits per heavy atom. The van der Waals surface area contributed by atoms with Crippen molar-refractivity contribution in [1.82, 2.24) is 20.8 Å². The van der Waals surface area contributed by atoms with E-state index in [1.165, 1.54) is 0 Å². The van der Waals surface area contributed by atoms with Crippen molar-refractivity contribution in [3.63, 3.8) is 0 Å². The first kappa shape index (κ1) is 14.4. The summed E-state index contributed by atoms with van der Waals surface area (Å²) in [4.78, 5) is 24.1. The van der Waals surface area contributed by atoms with E-state index in [9.17, 15) is 9.59 Å². The zero-order chi connectivity index (χ0) is 15.5. The van der Waals surface area contributed by atoms with Crippen LogP contribution in [-0.2, 0) is 4.79 Å². The second-order valence-electron chi connectivity index (χ2n) is 5.39. The second kappa shape index (κ2) is 6.05. The fourth-order valence-corrected chi connectivity index (χ4v) is 2.45. The molecular weight excluding hydrogens is 284 g/mol. The molecule has 7 heteroatoms. The summed E-state index contributed by atoms with van der Waals surface area (Å²) in [6, 6.07) is 4.76. The van der Waals surface area contributed by atoms with Crippen LogP contribution in [0.25, 0.3) is 11.5 Å². The highest BCUT2D eigenvalue weighted by Crippen LogP contribution is 2.20. The number of carbonyl (C=O) groups is 2. The first-order valence-electron chi connectivity index (χ1n) is 7.34. The number of H-pyrrole nitrogens is 1. The van der Waals surface area contributed by atoms with E-state index >= 15 is 0 Å². The number of amides is 2. The molecule has 0 bridgehead atoms. The quantitative estimate of drug-likeness (QED) is 0.797. The Morgan fingerprint density at radius 1 is 1.41 bits per heavy atom. The van der Waals surface area contributed by atoms with E-state index in [1.54, 1.807) is 6.07 Å². The van der Waals surface area contributed by atoms with Crippen molar-refractivity contribution in [1.29, 1.82) is 0 Å². The molecule has 3 N–H and O–H groups in total. The molecule has 0 spiro atoms. The Kier molecular flexibility index (Phi) is 3.95. The third kappa shape index (κ3) is 3.03. The molecule has 3 heterocycles. The number of hydrogen-bond acceptors (Lipinski definition) is 4. The molecule has 2 aromatic rings. The van der Waals surface area contributed by atoms with Crippen molar-refractivity contribution in [2.75, 3.05) is 6.54 Å². The zero-order valence-corrected chi connectivity index (χ0v) is 12.3. The molecule has 1 unspecified atom stereocenters. The second-order valence-corrected chi connectivity index (χ2v) is 5.39. The van der Waals surface area contributed by atoms with Crippen molar-refractivity contribution in [3.8, 4) is 11.5 Å². The molecule has 22 heavy (non-hydrogen) atoms. The largest absolute Gasteiger partial charge is 0.460 e. The fraction of sp³-hybridized carbons (Fsp3) is 0.400. The van der Waals surface area contributed by atoms with Crippen LogP contribution in [0.5, 0.6) is 0 Å². The summed E-state index contributed by atoms with van der Waals surface area (Å²) in [5.74, 6) is 0.901. The lowest BCUT2D eigenvalue weighted by molar-refractivity contribution is -0.122. The summed E-state index contributed by atoms with van der Waals surface area (Å²) in [6.07, 6.45) is 2.48. The number of nitrogens with one attached hydrogen (secondary N) is 3. The Bertz CT molecular complexity index is 689. The Hall–Kier alpha value is -2.57. The summed E-state index contributed by atoms with van der Waals surface area (Å²) in [6.45, 7) is 2.51. The topological polar surface area (TPSA) is 100 Å². The van der Waals surface area contributed by atoms with Gasteiger partial charge < -0.3 is 15.1 Å². The number of rotatable bonds is 3. The molecule has 2 aromatic heterocycles. The lowest BCUT2D eigenvalue weighted by Crippen LogP contribution is -2.45. The van der Waals surface area contributed by atoms with Gasteiger partial charge >= 0.3 is 0 Å². The molecule has 0 radical (unpaired) electrons. The molecule has 1 saturated heterocycles. The highest BCUT2D eigenvalue weighted by Gasteiger charge is 2.24. The van der Waals surface area contributed by atoms with Gasteiger partial charge in [-0.2, -0.15) is 5.10 Å². The summed E-state index contributed by atoms with van der Waals surface area (Å²) in [5, 5.41) is 12.3. The van der Waals surface area contributed by atoms with Crippen LogP contribution < -0.4 is 10.6 Å². The van der Waals surface area contributed by atoms with E-state index in [1.807, 2.05) is 19.1 Å². The number of hydrogen-bond donors (Lipinski definition) is 3. The normalized spacial score (nSPS) is 18.6. The van der Waals surface area contributed by atoms with Crippen LogP contribution in [0.3, 0.4) is 0 Å². The van der Waals surface area contributed by atoms with E-state index in [4.69, 9.17) is 4.42 Å². The Labute approximate surface area is 127 Å². The van der Waals surface area contributed by atoms with Crippen molar-refractivity contribution in [3.05, 3.63) is 29.7 Å². The standard InChI is InChI=1S/C15H18N4O3/c1-9-5-6-13(22-9)11-8-12(19-18-11)15(21)17-10-4-2-3-7-16-14(10)20/h5-6,8,10H,2-4,7H2,1H3,(H,16,20)(H,17,21)(H,18,19). The van der Waals surface area contributed by atoms with Crippen LogP contribution in [-0.4, -0.2) is 34.6 Å². The van der Waals surface area contributed by atoms with Gasteiger partial charge in [0.2, 0.25) is 5.91 Å². The van der Waals surface area contributed by atoms with Gasteiger partial charge in [0.05, 0.1) is 0 Å². The Balaban J connectivity index is 1.70. The van der Waals surface area contributed by atoms with Crippen molar-refractivity contribution < 1.29 is 14.0 Å². The fourth-order valence-electron chi connectivity index (χ4n) is 2.45. The molecule has 0 aromatic carbocycles. The van der Waals surface area contributed by atoms with E-state index < -0.39 is 6.04 Å². The van der Waals surface area contributed by atoms with Gasteiger partial charge in [0, 0.05) is 12.6 Å². The predicted molar refractivity (Wildman–Crippen MR) is 79.1 cm³/mol. The number of furan rings is 1. The molecule has 1 fully saturated rings. The zero-order valence-electron chi connectivity index (χ0n) is 12.3. The van der Waals surface area contributed by atoms with Crippen LogP contribution in [0.2, 0.25) is 0 Å². The average Bonchev–Trinajstić information content (AvgIpc) is 3.09. The number of aromatic nitrogens is 2. The highest BCUT2D eigenvalue weighted by molar-refractivity contribution is 5.96. The van der Waals surface area contributed by atoms with E-state index in [0.717, 1.165) is 18.6 Å². The summed E-state index contributed by atoms with van der Waals surface area (Å²) >= 11 is 0. The van der Waals surface area contributed by atoms with Gasteiger partial charge in [-0.15, -0.1) is 0 Å². The van der Waals surface area contributed by atoms with Crippen LogP contribution in [0.1, 0.15) is 35.5 Å². The highest BCUT2D eigenvalue weighted by atomic mass is 16.3. The van der Waals surface area contributed by atoms with E-state index in [-0.39, 0.29) is 17.5 Å². The molecule has 0 aliphatic carbocycles. The maximum Gasteiger partial charge on any atom is 0.272 e. The maximum absolute atomic E-state index is 12.2. The van der Waals surface area contributed by atoms with Gasteiger partial charge in [0.1, 0.15) is 17.5 Å². The van der Waals surface area contributed by atoms with E-state index in [0.29, 0.717) is 24.4 Å². The summed E-state index contributed by atoms with van der Waals surface area (Å²) < 4.78 is 5.48. The number of aromatic amines is 1. The van der Waals surface area contributed by atoms with Crippen LogP contribution >= 0.6 is 0 Å². The minimum Gasteiger partial charge on any atom is -0.460 e. The first-order chi connectivity index (χ1) is 10.6. The third-order valence-electron chi connectivity index (χ3n) is 3.66. The molecular formula is C15H18N4O3. The minimum atomic E-state index is -0.499.